The average molecular weight is 312 g/mol. The van der Waals surface area contributed by atoms with E-state index in [1.54, 1.807) is 30.3 Å². The molecule has 1 saturated heterocycles. The second-order valence-corrected chi connectivity index (χ2v) is 6.97. The van der Waals surface area contributed by atoms with Gasteiger partial charge in [-0.2, -0.15) is 4.31 Å². The molecule has 1 heterocycles. The van der Waals surface area contributed by atoms with Crippen molar-refractivity contribution in [1.29, 1.82) is 0 Å². The molecule has 7 heteroatoms. The summed E-state index contributed by atoms with van der Waals surface area (Å²) in [6, 6.07) is 8.25. The molecule has 0 spiro atoms. The van der Waals surface area contributed by atoms with Crippen LogP contribution in [-0.4, -0.2) is 50.0 Å². The molecule has 1 atom stereocenters. The van der Waals surface area contributed by atoms with Gasteiger partial charge in [0.05, 0.1) is 17.4 Å². The fourth-order valence-corrected chi connectivity index (χ4v) is 3.98. The van der Waals surface area contributed by atoms with E-state index in [1.165, 1.54) is 4.31 Å². The minimum atomic E-state index is -3.55. The predicted molar refractivity (Wildman–Crippen MR) is 78.0 cm³/mol. The Morgan fingerprint density at radius 3 is 2.71 bits per heavy atom. The van der Waals surface area contributed by atoms with Crippen LogP contribution in [0.4, 0.5) is 0 Å². The number of amides is 1. The van der Waals surface area contributed by atoms with Gasteiger partial charge in [-0.3, -0.25) is 4.79 Å². The number of nitrogens with one attached hydrogen (secondary N) is 1. The third-order valence-electron chi connectivity index (χ3n) is 3.55. The molecule has 2 rings (SSSR count). The Bertz CT molecular complexity index is 574. The number of piperidine rings is 1. The molecule has 0 unspecified atom stereocenters. The molecule has 0 bridgehead atoms. The van der Waals surface area contributed by atoms with Crippen LogP contribution in [0.2, 0.25) is 0 Å². The third kappa shape index (κ3) is 3.81. The third-order valence-corrected chi connectivity index (χ3v) is 5.43. The topological polar surface area (TPSA) is 86.7 Å². The summed E-state index contributed by atoms with van der Waals surface area (Å²) in [5, 5.41) is 11.3. The molecule has 0 aromatic heterocycles. The number of carbonyl (C=O) groups is 1. The van der Waals surface area contributed by atoms with Gasteiger partial charge in [-0.1, -0.05) is 18.2 Å². The van der Waals surface area contributed by atoms with E-state index in [9.17, 15) is 13.2 Å². The lowest BCUT2D eigenvalue weighted by molar-refractivity contribution is -0.126. The van der Waals surface area contributed by atoms with Crippen molar-refractivity contribution in [1.82, 2.24) is 9.62 Å². The van der Waals surface area contributed by atoms with Gasteiger partial charge >= 0.3 is 0 Å². The summed E-state index contributed by atoms with van der Waals surface area (Å²) >= 11 is 0. The Balaban J connectivity index is 2.09. The van der Waals surface area contributed by atoms with Gasteiger partial charge in [0, 0.05) is 19.6 Å². The summed E-state index contributed by atoms with van der Waals surface area (Å²) in [6.07, 6.45) is 1.32. The molecular weight excluding hydrogens is 292 g/mol. The highest BCUT2D eigenvalue weighted by Crippen LogP contribution is 2.23. The highest BCUT2D eigenvalue weighted by atomic mass is 32.2. The first-order chi connectivity index (χ1) is 10.1. The van der Waals surface area contributed by atoms with E-state index in [-0.39, 0.29) is 36.4 Å². The molecule has 21 heavy (non-hydrogen) atoms. The van der Waals surface area contributed by atoms with Crippen molar-refractivity contribution < 1.29 is 18.3 Å². The van der Waals surface area contributed by atoms with E-state index >= 15 is 0 Å². The summed E-state index contributed by atoms with van der Waals surface area (Å²) in [5.41, 5.74) is 0. The van der Waals surface area contributed by atoms with E-state index in [4.69, 9.17) is 5.11 Å². The van der Waals surface area contributed by atoms with Gasteiger partial charge in [-0.15, -0.1) is 0 Å². The van der Waals surface area contributed by atoms with Crippen LogP contribution in [-0.2, 0) is 14.8 Å². The normalized spacial score (nSPS) is 20.1. The zero-order valence-corrected chi connectivity index (χ0v) is 12.6. The Kier molecular flexibility index (Phi) is 5.33. The van der Waals surface area contributed by atoms with Gasteiger partial charge in [0.15, 0.2) is 0 Å². The van der Waals surface area contributed by atoms with Crippen molar-refractivity contribution in [3.63, 3.8) is 0 Å². The Hall–Kier alpha value is -1.44. The molecule has 1 aromatic rings. The van der Waals surface area contributed by atoms with Crippen LogP contribution in [0, 0.1) is 5.92 Å². The van der Waals surface area contributed by atoms with E-state index in [1.807, 2.05) is 0 Å². The lowest BCUT2D eigenvalue weighted by atomic mass is 9.99. The summed E-state index contributed by atoms with van der Waals surface area (Å²) in [5.74, 6) is -0.555. The molecule has 1 amide bonds. The van der Waals surface area contributed by atoms with E-state index in [2.05, 4.69) is 5.32 Å². The zero-order valence-electron chi connectivity index (χ0n) is 11.7. The molecule has 2 N–H and O–H groups in total. The minimum Gasteiger partial charge on any atom is -0.395 e. The minimum absolute atomic E-state index is 0.121. The quantitative estimate of drug-likeness (QED) is 0.813. The number of aliphatic hydroxyl groups is 1. The molecule has 116 valence electrons. The van der Waals surface area contributed by atoms with Gasteiger partial charge in [0.1, 0.15) is 0 Å². The number of benzene rings is 1. The molecule has 1 aromatic carbocycles. The maximum absolute atomic E-state index is 12.5. The summed E-state index contributed by atoms with van der Waals surface area (Å²) in [6.45, 7) is 0.695. The molecule has 0 radical (unpaired) electrons. The number of aliphatic hydroxyl groups excluding tert-OH is 1. The van der Waals surface area contributed by atoms with Crippen LogP contribution < -0.4 is 5.32 Å². The van der Waals surface area contributed by atoms with E-state index < -0.39 is 10.0 Å². The Morgan fingerprint density at radius 2 is 2.05 bits per heavy atom. The number of rotatable bonds is 5. The molecule has 1 aliphatic rings. The smallest absolute Gasteiger partial charge is 0.243 e. The van der Waals surface area contributed by atoms with Crippen molar-refractivity contribution in [2.24, 2.45) is 5.92 Å². The molecule has 1 fully saturated rings. The summed E-state index contributed by atoms with van der Waals surface area (Å²) < 4.78 is 26.4. The number of sulfonamides is 1. The largest absolute Gasteiger partial charge is 0.395 e. The highest BCUT2D eigenvalue weighted by Gasteiger charge is 2.32. The lowest BCUT2D eigenvalue weighted by Crippen LogP contribution is -2.45. The maximum atomic E-state index is 12.5. The van der Waals surface area contributed by atoms with Crippen LogP contribution in [0.3, 0.4) is 0 Å². The lowest BCUT2D eigenvalue weighted by Gasteiger charge is -2.31. The van der Waals surface area contributed by atoms with Crippen LogP contribution in [0.15, 0.2) is 35.2 Å². The van der Waals surface area contributed by atoms with Gasteiger partial charge in [0.25, 0.3) is 0 Å². The Labute approximate surface area is 124 Å². The molecule has 0 aliphatic carbocycles. The first kappa shape index (κ1) is 15.9. The van der Waals surface area contributed by atoms with Crippen molar-refractivity contribution >= 4 is 15.9 Å². The van der Waals surface area contributed by atoms with Gasteiger partial charge in [-0.25, -0.2) is 8.42 Å². The number of hydrogen-bond donors (Lipinski definition) is 2. The van der Waals surface area contributed by atoms with Crippen LogP contribution in [0.5, 0.6) is 0 Å². The number of nitrogens with zero attached hydrogens (tertiary/aromatic N) is 1. The SMILES string of the molecule is O=C(NCCO)[C@@H]1CCCN(S(=O)(=O)c2ccccc2)C1. The van der Waals surface area contributed by atoms with Gasteiger partial charge in [-0.05, 0) is 25.0 Å². The predicted octanol–water partition coefficient (Wildman–Crippen LogP) is 0.196. The standard InChI is InChI=1S/C14H20N2O4S/c17-10-8-15-14(18)12-5-4-9-16(11-12)21(19,20)13-6-2-1-3-7-13/h1-3,6-7,12,17H,4-5,8-11H2,(H,15,18)/t12-/m1/s1. The molecule has 1 aliphatic heterocycles. The zero-order chi connectivity index (χ0) is 15.3. The fraction of sp³-hybridized carbons (Fsp3) is 0.500. The summed E-state index contributed by atoms with van der Waals surface area (Å²) in [7, 11) is -3.55. The highest BCUT2D eigenvalue weighted by molar-refractivity contribution is 7.89. The maximum Gasteiger partial charge on any atom is 0.243 e. The summed E-state index contributed by atoms with van der Waals surface area (Å²) in [4.78, 5) is 12.2. The fourth-order valence-electron chi connectivity index (χ4n) is 2.44. The van der Waals surface area contributed by atoms with Gasteiger partial charge in [0.2, 0.25) is 15.9 Å². The van der Waals surface area contributed by atoms with Crippen LogP contribution in [0.25, 0.3) is 0 Å². The van der Waals surface area contributed by atoms with E-state index in [0.717, 1.165) is 0 Å². The Morgan fingerprint density at radius 1 is 1.33 bits per heavy atom. The molecule has 6 nitrogen and oxygen atoms in total. The van der Waals surface area contributed by atoms with Gasteiger partial charge < -0.3 is 10.4 Å². The molecular formula is C14H20N2O4S. The average Bonchev–Trinajstić information content (AvgIpc) is 2.53. The van der Waals surface area contributed by atoms with Crippen molar-refractivity contribution in [3.05, 3.63) is 30.3 Å². The van der Waals surface area contributed by atoms with E-state index in [0.29, 0.717) is 19.4 Å². The monoisotopic (exact) mass is 312 g/mol. The second kappa shape index (κ2) is 7.02. The second-order valence-electron chi connectivity index (χ2n) is 5.03. The van der Waals surface area contributed by atoms with Crippen molar-refractivity contribution in [3.8, 4) is 0 Å². The van der Waals surface area contributed by atoms with Crippen LogP contribution >= 0.6 is 0 Å². The first-order valence-corrected chi connectivity index (χ1v) is 8.43. The number of hydrogen-bond acceptors (Lipinski definition) is 4. The first-order valence-electron chi connectivity index (χ1n) is 6.99. The number of carbonyl (C=O) groups excluding carboxylic acids is 1. The molecule has 0 saturated carbocycles. The van der Waals surface area contributed by atoms with Crippen molar-refractivity contribution in [2.45, 2.75) is 17.7 Å². The van der Waals surface area contributed by atoms with Crippen molar-refractivity contribution in [2.75, 3.05) is 26.2 Å². The van der Waals surface area contributed by atoms with Crippen LogP contribution in [0.1, 0.15) is 12.8 Å².